The van der Waals surface area contributed by atoms with E-state index in [9.17, 15) is 24.4 Å². The van der Waals surface area contributed by atoms with Gasteiger partial charge in [0.05, 0.1) is 12.0 Å². The molecule has 2 atom stereocenters. The molecule has 0 saturated carbocycles. The normalized spacial score (nSPS) is 19.6. The first-order chi connectivity index (χ1) is 17.0. The van der Waals surface area contributed by atoms with E-state index in [0.29, 0.717) is 5.57 Å². The zero-order chi connectivity index (χ0) is 26.6. The molecule has 15 nitrogen and oxygen atoms in total. The molecule has 0 aliphatic carbocycles. The number of hydrogen-bond acceptors (Lipinski definition) is 13. The molecule has 3 rings (SSSR count). The van der Waals surface area contributed by atoms with E-state index in [4.69, 9.17) is 20.7 Å². The molecule has 2 aliphatic heterocycles. The third-order valence-corrected chi connectivity index (χ3v) is 6.94. The molecule has 0 bridgehead atoms. The minimum absolute atomic E-state index is 0.0306. The summed E-state index contributed by atoms with van der Waals surface area (Å²) in [6.07, 6.45) is 0. The largest absolute Gasteiger partial charge is 0.427 e. The minimum Gasteiger partial charge on any atom is -0.427 e. The fourth-order valence-electron chi connectivity index (χ4n) is 3.15. The molecule has 0 radical (unpaired) electrons. The van der Waals surface area contributed by atoms with Gasteiger partial charge in [0.15, 0.2) is 10.8 Å². The van der Waals surface area contributed by atoms with Crippen LogP contribution in [-0.4, -0.2) is 75.1 Å². The number of β-lactam (4-membered cyclic amide) rings is 1. The van der Waals surface area contributed by atoms with Crippen molar-refractivity contribution in [2.45, 2.75) is 32.2 Å². The molecule has 0 aromatic carbocycles. The number of carbonyl (C=O) groups excluding carboxylic acids is 4. The van der Waals surface area contributed by atoms with Gasteiger partial charge < -0.3 is 25.7 Å². The molecule has 0 spiro atoms. The van der Waals surface area contributed by atoms with Gasteiger partial charge in [-0.05, 0) is 31.9 Å². The number of carbonyl (C=O) groups is 4. The van der Waals surface area contributed by atoms with Crippen LogP contribution < -0.4 is 11.1 Å². The Balaban J connectivity index is 1.74. The topological polar surface area (TPSA) is 222 Å². The third-order valence-electron chi connectivity index (χ3n) is 4.92. The van der Waals surface area contributed by atoms with Crippen molar-refractivity contribution < 1.29 is 33.9 Å². The molecule has 4 N–H and O–H groups in total. The predicted molar refractivity (Wildman–Crippen MR) is 127 cm³/mol. The Morgan fingerprint density at radius 3 is 2.69 bits per heavy atom. The van der Waals surface area contributed by atoms with Crippen LogP contribution in [0.3, 0.4) is 0 Å². The molecular formula is C19H22N8O7S2. The van der Waals surface area contributed by atoms with Gasteiger partial charge in [-0.3, -0.25) is 19.3 Å². The zero-order valence-electron chi connectivity index (χ0n) is 19.3. The molecular weight excluding hydrogens is 516 g/mol. The highest BCUT2D eigenvalue weighted by atomic mass is 32.2. The van der Waals surface area contributed by atoms with Crippen LogP contribution in [0.2, 0.25) is 0 Å². The lowest BCUT2D eigenvalue weighted by molar-refractivity contribution is -0.173. The van der Waals surface area contributed by atoms with Gasteiger partial charge in [-0.15, -0.1) is 23.1 Å². The monoisotopic (exact) mass is 538 g/mol. The lowest BCUT2D eigenvalue weighted by atomic mass is 9.98. The number of ether oxygens (including phenoxy) is 2. The van der Waals surface area contributed by atoms with Gasteiger partial charge in [-0.1, -0.05) is 10.3 Å². The Labute approximate surface area is 212 Å². The first-order valence-corrected chi connectivity index (χ1v) is 12.2. The van der Waals surface area contributed by atoms with E-state index in [1.807, 2.05) is 0 Å². The van der Waals surface area contributed by atoms with Crippen molar-refractivity contribution in [1.82, 2.24) is 15.2 Å². The summed E-state index contributed by atoms with van der Waals surface area (Å²) in [5, 5.41) is 19.0. The number of nitrogens with two attached hydrogens (primary N) is 1. The van der Waals surface area contributed by atoms with Crippen LogP contribution in [0.15, 0.2) is 26.9 Å². The van der Waals surface area contributed by atoms with Gasteiger partial charge in [0.1, 0.15) is 22.8 Å². The van der Waals surface area contributed by atoms with Gasteiger partial charge in [0, 0.05) is 16.0 Å². The molecule has 2 aliphatic rings. The maximum Gasteiger partial charge on any atom is 0.357 e. The second-order valence-electron chi connectivity index (χ2n) is 8.45. The van der Waals surface area contributed by atoms with E-state index in [1.165, 1.54) is 17.1 Å². The highest BCUT2D eigenvalue weighted by molar-refractivity contribution is 8.00. The number of oxime groups is 1. The number of rotatable bonds is 8. The Hall–Kier alpha value is -3.82. The van der Waals surface area contributed by atoms with Crippen LogP contribution >= 0.6 is 23.1 Å². The molecule has 2 amide bonds. The number of esters is 2. The van der Waals surface area contributed by atoms with Crippen molar-refractivity contribution in [3.8, 4) is 0 Å². The van der Waals surface area contributed by atoms with Crippen molar-refractivity contribution in [1.29, 1.82) is 0 Å². The number of nitrogens with one attached hydrogen (secondary N) is 1. The number of anilines is 1. The number of nitrogens with zero attached hydrogens (tertiary/aromatic N) is 6. The molecule has 17 heteroatoms. The second-order valence-corrected chi connectivity index (χ2v) is 10.4. The number of aromatic nitrogens is 1. The first kappa shape index (κ1) is 26.8. The number of amides is 2. The van der Waals surface area contributed by atoms with Gasteiger partial charge in [0.25, 0.3) is 11.8 Å². The number of azide groups is 1. The molecule has 192 valence electrons. The number of thioether (sulfide) groups is 1. The van der Waals surface area contributed by atoms with Crippen LogP contribution in [0.25, 0.3) is 10.4 Å². The molecule has 1 aromatic rings. The molecule has 3 heterocycles. The lowest BCUT2D eigenvalue weighted by Gasteiger charge is -2.49. The fourth-order valence-corrected chi connectivity index (χ4v) is 5.03. The summed E-state index contributed by atoms with van der Waals surface area (Å²) in [5.74, 6) is -2.88. The standard InChI is InChI=1S/C19H22N8O7S2/c1-19(2,3)17(31)34-7-33-16(30)12-8(4-22-26-21)5-35-15-11(14(29)27(12)15)24-13(28)10(25-32)9-6-36-18(20)23-9/h6,11,15,32H,4-5,7H2,1-3H3,(H2,20,23)(H,24,28)/t11?,15-/m1/s1. The third kappa shape index (κ3) is 5.53. The lowest BCUT2D eigenvalue weighted by Crippen LogP contribution is -2.71. The van der Waals surface area contributed by atoms with E-state index >= 15 is 0 Å². The molecule has 1 saturated heterocycles. The Kier molecular flexibility index (Phi) is 8.07. The highest BCUT2D eigenvalue weighted by Crippen LogP contribution is 2.40. The van der Waals surface area contributed by atoms with Crippen LogP contribution in [0.4, 0.5) is 5.13 Å². The highest BCUT2D eigenvalue weighted by Gasteiger charge is 2.54. The maximum absolute atomic E-state index is 13.0. The van der Waals surface area contributed by atoms with E-state index in [1.54, 1.807) is 20.8 Å². The summed E-state index contributed by atoms with van der Waals surface area (Å²) in [6, 6.07) is -1.06. The van der Waals surface area contributed by atoms with Crippen molar-refractivity contribution in [2.75, 3.05) is 24.8 Å². The van der Waals surface area contributed by atoms with E-state index in [0.717, 1.165) is 16.2 Å². The Morgan fingerprint density at radius 2 is 2.11 bits per heavy atom. The number of hydrogen-bond donors (Lipinski definition) is 3. The zero-order valence-corrected chi connectivity index (χ0v) is 21.0. The summed E-state index contributed by atoms with van der Waals surface area (Å²) in [5.41, 5.74) is 13.2. The summed E-state index contributed by atoms with van der Waals surface area (Å²) in [4.78, 5) is 58.0. The Bertz CT molecular complexity index is 1200. The van der Waals surface area contributed by atoms with E-state index < -0.39 is 53.1 Å². The van der Waals surface area contributed by atoms with Crippen molar-refractivity contribution in [3.05, 3.63) is 32.8 Å². The van der Waals surface area contributed by atoms with Crippen molar-refractivity contribution in [3.63, 3.8) is 0 Å². The van der Waals surface area contributed by atoms with Crippen LogP contribution in [0.1, 0.15) is 26.5 Å². The maximum atomic E-state index is 13.0. The number of fused-ring (bicyclic) bond motifs is 1. The van der Waals surface area contributed by atoms with Gasteiger partial charge >= 0.3 is 11.9 Å². The minimum atomic E-state index is -1.06. The Morgan fingerprint density at radius 1 is 1.39 bits per heavy atom. The number of thiazole rings is 1. The second kappa shape index (κ2) is 10.8. The SMILES string of the molecule is CC(C)(C)C(=O)OCOC(=O)C1=C(CN=[N+]=[N-])CS[C@@H]2C(NC(=O)C(=NO)c3csc(N)n3)C(=O)N12. The quantitative estimate of drug-likeness (QED) is 0.0489. The first-order valence-electron chi connectivity index (χ1n) is 10.3. The average molecular weight is 539 g/mol. The van der Waals surface area contributed by atoms with Gasteiger partial charge in [0.2, 0.25) is 6.79 Å². The smallest absolute Gasteiger partial charge is 0.357 e. The van der Waals surface area contributed by atoms with Crippen molar-refractivity contribution >= 4 is 57.7 Å². The fraction of sp³-hybridized carbons (Fsp3) is 0.474. The summed E-state index contributed by atoms with van der Waals surface area (Å²) in [7, 11) is 0. The van der Waals surface area contributed by atoms with Crippen molar-refractivity contribution in [2.24, 2.45) is 15.7 Å². The van der Waals surface area contributed by atoms with Gasteiger partial charge in [-0.25, -0.2) is 9.78 Å². The molecule has 36 heavy (non-hydrogen) atoms. The van der Waals surface area contributed by atoms with Gasteiger partial charge in [-0.2, -0.15) is 0 Å². The van der Waals surface area contributed by atoms with Crippen LogP contribution in [0, 0.1) is 5.41 Å². The van der Waals surface area contributed by atoms with E-state index in [2.05, 4.69) is 25.5 Å². The number of nitrogen functional groups attached to an aromatic ring is 1. The molecule has 1 fully saturated rings. The average Bonchev–Trinajstić information content (AvgIpc) is 3.25. The molecule has 1 unspecified atom stereocenters. The summed E-state index contributed by atoms with van der Waals surface area (Å²) >= 11 is 2.25. The van der Waals surface area contributed by atoms with E-state index in [-0.39, 0.29) is 28.8 Å². The molecule has 1 aromatic heterocycles. The van der Waals surface area contributed by atoms with Crippen LogP contribution in [0.5, 0.6) is 0 Å². The van der Waals surface area contributed by atoms with Crippen LogP contribution in [-0.2, 0) is 28.7 Å². The summed E-state index contributed by atoms with van der Waals surface area (Å²) < 4.78 is 10.00. The summed E-state index contributed by atoms with van der Waals surface area (Å²) in [6.45, 7) is 4.01. The predicted octanol–water partition coefficient (Wildman–Crippen LogP) is 0.958.